The van der Waals surface area contributed by atoms with Gasteiger partial charge in [0.15, 0.2) is 0 Å². The van der Waals surface area contributed by atoms with E-state index in [9.17, 15) is 0 Å². The molecule has 2 nitrogen and oxygen atoms in total. The van der Waals surface area contributed by atoms with Crippen molar-refractivity contribution in [3.05, 3.63) is 194 Å². The molecule has 9 aromatic carbocycles. The van der Waals surface area contributed by atoms with Crippen molar-refractivity contribution in [2.75, 3.05) is 4.90 Å². The van der Waals surface area contributed by atoms with Crippen LogP contribution in [0.15, 0.2) is 194 Å². The third kappa shape index (κ3) is 4.86. The van der Waals surface area contributed by atoms with E-state index in [4.69, 9.17) is 0 Å². The van der Waals surface area contributed by atoms with Gasteiger partial charge in [0, 0.05) is 53.7 Å². The number of fused-ring (bicyclic) bond motifs is 9. The summed E-state index contributed by atoms with van der Waals surface area (Å²) in [6.45, 7) is 0. The largest absolute Gasteiger partial charge is 0.310 e. The summed E-state index contributed by atoms with van der Waals surface area (Å²) in [5, 5.41) is 10.2. The van der Waals surface area contributed by atoms with Gasteiger partial charge in [-0.25, -0.2) is 0 Å². The maximum atomic E-state index is 2.42. The zero-order chi connectivity index (χ0) is 34.9. The molecule has 0 spiro atoms. The highest BCUT2D eigenvalue weighted by Crippen LogP contribution is 2.44. The van der Waals surface area contributed by atoms with Gasteiger partial charge < -0.3 is 9.47 Å². The number of nitrogens with zero attached hydrogens (tertiary/aromatic N) is 2. The van der Waals surface area contributed by atoms with Crippen molar-refractivity contribution in [3.63, 3.8) is 0 Å². The summed E-state index contributed by atoms with van der Waals surface area (Å²) in [4.78, 5) is 2.42. The normalized spacial score (nSPS) is 11.8. The minimum absolute atomic E-state index is 1.11. The lowest BCUT2D eigenvalue weighted by molar-refractivity contribution is 1.18. The molecule has 0 radical (unpaired) electrons. The average Bonchev–Trinajstić information content (AvgIpc) is 3.77. The fourth-order valence-corrected chi connectivity index (χ4v) is 9.48. The second-order valence-corrected chi connectivity index (χ2v) is 14.8. The van der Waals surface area contributed by atoms with Gasteiger partial charge in [-0.05, 0) is 93.3 Å². The molecule has 0 fully saturated rings. The highest BCUT2D eigenvalue weighted by molar-refractivity contribution is 7.26. The van der Waals surface area contributed by atoms with Gasteiger partial charge in [-0.1, -0.05) is 133 Å². The number of hydrogen-bond acceptors (Lipinski definition) is 2. The predicted molar refractivity (Wildman–Crippen MR) is 229 cm³/mol. The first-order valence-corrected chi connectivity index (χ1v) is 18.9. The Labute approximate surface area is 311 Å². The number of rotatable bonds is 5. The Kier molecular flexibility index (Phi) is 6.76. The van der Waals surface area contributed by atoms with Gasteiger partial charge in [-0.2, -0.15) is 0 Å². The van der Waals surface area contributed by atoms with E-state index in [0.717, 1.165) is 22.7 Å². The molecule has 0 atom stereocenters. The minimum atomic E-state index is 1.11. The molecule has 0 amide bonds. The number of para-hydroxylation sites is 2. The van der Waals surface area contributed by atoms with Crippen LogP contribution in [0.1, 0.15) is 0 Å². The summed E-state index contributed by atoms with van der Waals surface area (Å²) < 4.78 is 5.02. The Morgan fingerprint density at radius 3 is 1.81 bits per heavy atom. The molecule has 0 aliphatic carbocycles. The summed E-state index contributed by atoms with van der Waals surface area (Å²) >= 11 is 1.89. The molecule has 0 bridgehead atoms. The second kappa shape index (κ2) is 11.9. The quantitative estimate of drug-likeness (QED) is 0.174. The molecule has 0 saturated carbocycles. The van der Waals surface area contributed by atoms with Crippen LogP contribution in [0.5, 0.6) is 0 Å². The molecule has 0 aliphatic rings. The predicted octanol–water partition coefficient (Wildman–Crippen LogP) is 14.6. The maximum Gasteiger partial charge on any atom is 0.0561 e. The van der Waals surface area contributed by atoms with Crippen molar-refractivity contribution < 1.29 is 0 Å². The van der Waals surface area contributed by atoms with Crippen LogP contribution < -0.4 is 4.90 Å². The van der Waals surface area contributed by atoms with E-state index in [-0.39, 0.29) is 0 Å². The molecule has 2 aromatic heterocycles. The highest BCUT2D eigenvalue weighted by atomic mass is 32.1. The smallest absolute Gasteiger partial charge is 0.0561 e. The van der Waals surface area contributed by atoms with Crippen LogP contribution in [0.2, 0.25) is 0 Å². The molecular weight excluding hydrogens is 661 g/mol. The van der Waals surface area contributed by atoms with Crippen LogP contribution in [-0.4, -0.2) is 4.57 Å². The summed E-state index contributed by atoms with van der Waals surface area (Å²) in [6, 6.07) is 71.0. The standard InChI is InChI=1S/C50H32N2S/c1-2-13-38(14-3-1)52-47-17-9-8-16-43(47)44-28-25-40(31-48(44)52)51(39-23-20-34(21-24-39)37-19-18-33-10-4-5-12-36(33)30-37)41-26-29-45-46-27-22-35-11-6-7-15-42(35)50(46)53-49(45)32-41/h1-32H. The zero-order valence-corrected chi connectivity index (χ0v) is 29.6. The number of aromatic nitrogens is 1. The highest BCUT2D eigenvalue weighted by Gasteiger charge is 2.19. The van der Waals surface area contributed by atoms with Crippen LogP contribution in [0.4, 0.5) is 17.1 Å². The van der Waals surface area contributed by atoms with Crippen LogP contribution in [0.25, 0.3) is 80.3 Å². The van der Waals surface area contributed by atoms with Crippen molar-refractivity contribution in [1.82, 2.24) is 4.57 Å². The van der Waals surface area contributed by atoms with Gasteiger partial charge in [0.2, 0.25) is 0 Å². The molecular formula is C50H32N2S. The molecule has 0 N–H and O–H groups in total. The molecule has 248 valence electrons. The van der Waals surface area contributed by atoms with Gasteiger partial charge >= 0.3 is 0 Å². The topological polar surface area (TPSA) is 8.17 Å². The first kappa shape index (κ1) is 30.0. The van der Waals surface area contributed by atoms with Gasteiger partial charge in [0.25, 0.3) is 0 Å². The minimum Gasteiger partial charge on any atom is -0.310 e. The summed E-state index contributed by atoms with van der Waals surface area (Å²) in [5.74, 6) is 0. The number of benzene rings is 9. The van der Waals surface area contributed by atoms with E-state index < -0.39 is 0 Å². The Hall–Kier alpha value is -6.68. The van der Waals surface area contributed by atoms with E-state index in [2.05, 4.69) is 204 Å². The fourth-order valence-electron chi connectivity index (χ4n) is 8.20. The van der Waals surface area contributed by atoms with Crippen molar-refractivity contribution >= 4 is 91.9 Å². The molecule has 3 heteroatoms. The van der Waals surface area contributed by atoms with Gasteiger partial charge in [-0.3, -0.25) is 0 Å². The number of thiophene rings is 1. The molecule has 0 aliphatic heterocycles. The van der Waals surface area contributed by atoms with E-state index >= 15 is 0 Å². The first-order chi connectivity index (χ1) is 26.3. The molecule has 2 heterocycles. The van der Waals surface area contributed by atoms with Gasteiger partial charge in [-0.15, -0.1) is 11.3 Å². The lowest BCUT2D eigenvalue weighted by atomic mass is 10.0. The van der Waals surface area contributed by atoms with Crippen molar-refractivity contribution in [2.24, 2.45) is 0 Å². The Bertz CT molecular complexity index is 3170. The van der Waals surface area contributed by atoms with Gasteiger partial charge in [0.05, 0.1) is 11.0 Å². The van der Waals surface area contributed by atoms with E-state index in [1.54, 1.807) is 0 Å². The molecule has 0 unspecified atom stereocenters. The van der Waals surface area contributed by atoms with E-state index in [1.807, 2.05) is 11.3 Å². The van der Waals surface area contributed by atoms with Crippen LogP contribution in [0.3, 0.4) is 0 Å². The second-order valence-electron chi connectivity index (χ2n) is 13.8. The number of anilines is 3. The van der Waals surface area contributed by atoms with Crippen LogP contribution in [-0.2, 0) is 0 Å². The first-order valence-electron chi connectivity index (χ1n) is 18.1. The summed E-state index contributed by atoms with van der Waals surface area (Å²) in [5.41, 5.74) is 9.32. The SMILES string of the molecule is c1ccc(-n2c3ccccc3c3ccc(N(c4ccc(-c5ccc6ccccc6c5)cc4)c4ccc5c(c4)sc4c6ccccc6ccc54)cc32)cc1. The monoisotopic (exact) mass is 692 g/mol. The third-order valence-electron chi connectivity index (χ3n) is 10.7. The van der Waals surface area contributed by atoms with Crippen molar-refractivity contribution in [1.29, 1.82) is 0 Å². The summed E-state index contributed by atoms with van der Waals surface area (Å²) in [6.07, 6.45) is 0. The average molecular weight is 693 g/mol. The Morgan fingerprint density at radius 2 is 0.962 bits per heavy atom. The zero-order valence-electron chi connectivity index (χ0n) is 28.8. The maximum absolute atomic E-state index is 2.42. The third-order valence-corrected chi connectivity index (χ3v) is 11.9. The lowest BCUT2D eigenvalue weighted by Gasteiger charge is -2.26. The Balaban J connectivity index is 1.11. The number of hydrogen-bond donors (Lipinski definition) is 0. The van der Waals surface area contributed by atoms with Crippen molar-refractivity contribution in [3.8, 4) is 16.8 Å². The molecule has 53 heavy (non-hydrogen) atoms. The Morgan fingerprint density at radius 1 is 0.358 bits per heavy atom. The van der Waals surface area contributed by atoms with Crippen molar-refractivity contribution in [2.45, 2.75) is 0 Å². The van der Waals surface area contributed by atoms with E-state index in [1.165, 1.54) is 74.6 Å². The molecule has 0 saturated heterocycles. The van der Waals surface area contributed by atoms with E-state index in [0.29, 0.717) is 0 Å². The summed E-state index contributed by atoms with van der Waals surface area (Å²) in [7, 11) is 0. The fraction of sp³-hybridized carbons (Fsp3) is 0. The van der Waals surface area contributed by atoms with Crippen LogP contribution >= 0.6 is 11.3 Å². The van der Waals surface area contributed by atoms with Gasteiger partial charge in [0.1, 0.15) is 0 Å². The van der Waals surface area contributed by atoms with Crippen LogP contribution in [0, 0.1) is 0 Å². The molecule has 11 rings (SSSR count). The lowest BCUT2D eigenvalue weighted by Crippen LogP contribution is -2.10. The molecule has 11 aromatic rings.